The summed E-state index contributed by atoms with van der Waals surface area (Å²) in [6.45, 7) is 2.04. The standard InChI is InChI=1S/C53H40N2/c1-2-15-50-53(54)48-34-38(28-29-49(48)55(50)43-20-7-4-8-21-43)41-31-40(35-16-5-3-6-17-35)32-42(33-41)52-46-24-13-11-22-44(46)51(45-23-12-14-25-47(45)52)39-27-26-36-18-9-10-19-37(36)30-39/h2-34,46,52H,54H2,1H3/b15-2-. The number of hydrogen-bond donors (Lipinski definition) is 1. The fourth-order valence-corrected chi connectivity index (χ4v) is 8.98. The van der Waals surface area contributed by atoms with Crippen molar-refractivity contribution in [2.45, 2.75) is 12.8 Å². The molecule has 7 aromatic carbocycles. The van der Waals surface area contributed by atoms with E-state index in [0.717, 1.165) is 33.5 Å². The van der Waals surface area contributed by atoms with Gasteiger partial charge in [0.2, 0.25) is 0 Å². The largest absolute Gasteiger partial charge is 0.396 e. The highest BCUT2D eigenvalue weighted by molar-refractivity contribution is 6.01. The molecule has 262 valence electrons. The van der Waals surface area contributed by atoms with Gasteiger partial charge in [-0.3, -0.25) is 0 Å². The number of aromatic nitrogens is 1. The number of nitrogens with zero attached hydrogens (tertiary/aromatic N) is 1. The van der Waals surface area contributed by atoms with Gasteiger partial charge >= 0.3 is 0 Å². The van der Waals surface area contributed by atoms with E-state index in [-0.39, 0.29) is 11.8 Å². The summed E-state index contributed by atoms with van der Waals surface area (Å²) in [6.07, 6.45) is 13.4. The van der Waals surface area contributed by atoms with Crippen LogP contribution in [0.2, 0.25) is 0 Å². The van der Waals surface area contributed by atoms with E-state index in [1.54, 1.807) is 0 Å². The van der Waals surface area contributed by atoms with E-state index in [2.05, 4.69) is 205 Å². The number of rotatable bonds is 6. The molecule has 0 aliphatic heterocycles. The Morgan fingerprint density at radius 1 is 0.582 bits per heavy atom. The molecule has 2 N–H and O–H groups in total. The van der Waals surface area contributed by atoms with Crippen LogP contribution in [0.3, 0.4) is 0 Å². The Morgan fingerprint density at radius 2 is 1.29 bits per heavy atom. The second-order valence-corrected chi connectivity index (χ2v) is 14.6. The lowest BCUT2D eigenvalue weighted by Gasteiger charge is -2.37. The highest BCUT2D eigenvalue weighted by Gasteiger charge is 2.36. The van der Waals surface area contributed by atoms with Gasteiger partial charge in [0.05, 0.1) is 16.9 Å². The molecule has 8 aromatic rings. The molecular weight excluding hydrogens is 665 g/mol. The monoisotopic (exact) mass is 704 g/mol. The summed E-state index contributed by atoms with van der Waals surface area (Å²) in [4.78, 5) is 0. The Balaban J connectivity index is 1.17. The smallest absolute Gasteiger partial charge is 0.0695 e. The average Bonchev–Trinajstić information content (AvgIpc) is 3.52. The average molecular weight is 705 g/mol. The molecule has 2 heteroatoms. The third kappa shape index (κ3) is 5.57. The van der Waals surface area contributed by atoms with Gasteiger partial charge in [0.15, 0.2) is 0 Å². The Kier molecular flexibility index (Phi) is 8.03. The van der Waals surface area contributed by atoms with Crippen LogP contribution in [-0.2, 0) is 0 Å². The van der Waals surface area contributed by atoms with Gasteiger partial charge < -0.3 is 10.3 Å². The molecule has 10 rings (SSSR count). The molecule has 0 saturated heterocycles. The normalized spacial score (nSPS) is 16.2. The number of fused-ring (bicyclic) bond motifs is 4. The van der Waals surface area contributed by atoms with Crippen molar-refractivity contribution in [3.05, 3.63) is 228 Å². The molecule has 1 heterocycles. The zero-order valence-corrected chi connectivity index (χ0v) is 30.7. The van der Waals surface area contributed by atoms with Crippen molar-refractivity contribution in [3.63, 3.8) is 0 Å². The number of anilines is 1. The van der Waals surface area contributed by atoms with Crippen LogP contribution < -0.4 is 5.73 Å². The second kappa shape index (κ2) is 13.5. The lowest BCUT2D eigenvalue weighted by atomic mass is 9.66. The van der Waals surface area contributed by atoms with Crippen molar-refractivity contribution >= 4 is 39.0 Å². The number of benzene rings is 7. The maximum absolute atomic E-state index is 7.00. The highest BCUT2D eigenvalue weighted by Crippen LogP contribution is 2.51. The van der Waals surface area contributed by atoms with Crippen molar-refractivity contribution in [2.75, 3.05) is 5.73 Å². The lowest BCUT2D eigenvalue weighted by molar-refractivity contribution is 0.649. The predicted octanol–water partition coefficient (Wildman–Crippen LogP) is 13.4. The lowest BCUT2D eigenvalue weighted by Crippen LogP contribution is -2.23. The molecule has 2 aliphatic carbocycles. The topological polar surface area (TPSA) is 30.9 Å². The van der Waals surface area contributed by atoms with Gasteiger partial charge in [0.25, 0.3) is 0 Å². The maximum Gasteiger partial charge on any atom is 0.0695 e. The number of allylic oxidation sites excluding steroid dienone is 6. The Labute approximate surface area is 322 Å². The van der Waals surface area contributed by atoms with Gasteiger partial charge in [-0.1, -0.05) is 158 Å². The van der Waals surface area contributed by atoms with Crippen molar-refractivity contribution < 1.29 is 0 Å². The van der Waals surface area contributed by atoms with Gasteiger partial charge in [-0.25, -0.2) is 0 Å². The summed E-state index contributed by atoms with van der Waals surface area (Å²) in [5.74, 6) is 0.287. The van der Waals surface area contributed by atoms with Gasteiger partial charge in [0.1, 0.15) is 0 Å². The molecule has 2 atom stereocenters. The summed E-state index contributed by atoms with van der Waals surface area (Å²) >= 11 is 0. The Bertz CT molecular complexity index is 2880. The van der Waals surface area contributed by atoms with Gasteiger partial charge in [-0.2, -0.15) is 0 Å². The summed E-state index contributed by atoms with van der Waals surface area (Å²) in [5.41, 5.74) is 23.6. The van der Waals surface area contributed by atoms with Crippen LogP contribution in [0.1, 0.15) is 40.8 Å². The number of para-hydroxylation sites is 1. The second-order valence-electron chi connectivity index (χ2n) is 14.6. The van der Waals surface area contributed by atoms with E-state index in [1.807, 2.05) is 6.92 Å². The van der Waals surface area contributed by atoms with Crippen LogP contribution in [0.4, 0.5) is 5.69 Å². The molecular formula is C53H40N2. The van der Waals surface area contributed by atoms with Crippen molar-refractivity contribution in [2.24, 2.45) is 5.92 Å². The first-order valence-corrected chi connectivity index (χ1v) is 19.2. The van der Waals surface area contributed by atoms with Crippen LogP contribution in [0.25, 0.3) is 61.3 Å². The Hall–Kier alpha value is -6.90. The molecule has 55 heavy (non-hydrogen) atoms. The number of nitrogen functional groups attached to an aromatic ring is 1. The van der Waals surface area contributed by atoms with E-state index in [4.69, 9.17) is 5.73 Å². The third-order valence-corrected chi connectivity index (χ3v) is 11.5. The molecule has 2 nitrogen and oxygen atoms in total. The van der Waals surface area contributed by atoms with Crippen LogP contribution in [0.15, 0.2) is 200 Å². The zero-order valence-electron chi connectivity index (χ0n) is 30.7. The van der Waals surface area contributed by atoms with Crippen LogP contribution in [0, 0.1) is 5.92 Å². The quantitative estimate of drug-likeness (QED) is 0.184. The van der Waals surface area contributed by atoms with E-state index in [0.29, 0.717) is 0 Å². The van der Waals surface area contributed by atoms with Crippen molar-refractivity contribution in [1.82, 2.24) is 4.57 Å². The first kappa shape index (κ1) is 32.7. The molecule has 0 radical (unpaired) electrons. The first-order valence-electron chi connectivity index (χ1n) is 19.2. The zero-order chi connectivity index (χ0) is 36.9. The minimum absolute atomic E-state index is 0.119. The molecule has 0 bridgehead atoms. The molecule has 2 unspecified atom stereocenters. The summed E-state index contributed by atoms with van der Waals surface area (Å²) in [5, 5.41) is 3.57. The SMILES string of the molecule is C/C=C\c1c(N)c2cc(-c3cc(-c4ccccc4)cc(C4c5ccccc5C(c5ccc6ccccc6c5)=C5C=CC=CC54)c3)ccc2n1-c1ccccc1. The molecule has 2 aliphatic rings. The van der Waals surface area contributed by atoms with Gasteiger partial charge in [0, 0.05) is 22.9 Å². The van der Waals surface area contributed by atoms with Gasteiger partial charge in [-0.05, 0) is 116 Å². The predicted molar refractivity (Wildman–Crippen MR) is 233 cm³/mol. The highest BCUT2D eigenvalue weighted by atomic mass is 15.0. The van der Waals surface area contributed by atoms with Crippen LogP contribution >= 0.6 is 0 Å². The number of nitrogens with two attached hydrogens (primary N) is 1. The Morgan fingerprint density at radius 3 is 2.11 bits per heavy atom. The van der Waals surface area contributed by atoms with Gasteiger partial charge in [-0.15, -0.1) is 0 Å². The fourth-order valence-electron chi connectivity index (χ4n) is 8.98. The molecule has 0 amide bonds. The van der Waals surface area contributed by atoms with E-state index < -0.39 is 0 Å². The fraction of sp³-hybridized carbons (Fsp3) is 0.0566. The number of hydrogen-bond acceptors (Lipinski definition) is 1. The minimum atomic E-state index is 0.119. The third-order valence-electron chi connectivity index (χ3n) is 11.5. The summed E-state index contributed by atoms with van der Waals surface area (Å²) in [6, 6.07) is 59.9. The van der Waals surface area contributed by atoms with Crippen molar-refractivity contribution in [3.8, 4) is 27.9 Å². The van der Waals surface area contributed by atoms with Crippen molar-refractivity contribution in [1.29, 1.82) is 0 Å². The van der Waals surface area contributed by atoms with E-state index >= 15 is 0 Å². The first-order chi connectivity index (χ1) is 27.2. The van der Waals surface area contributed by atoms with Crippen LogP contribution in [-0.4, -0.2) is 4.57 Å². The van der Waals surface area contributed by atoms with E-state index in [1.165, 1.54) is 60.9 Å². The minimum Gasteiger partial charge on any atom is -0.396 e. The van der Waals surface area contributed by atoms with E-state index in [9.17, 15) is 0 Å². The molecule has 0 fully saturated rings. The van der Waals surface area contributed by atoms with Crippen LogP contribution in [0.5, 0.6) is 0 Å². The summed E-state index contributed by atoms with van der Waals surface area (Å²) in [7, 11) is 0. The molecule has 1 aromatic heterocycles. The maximum atomic E-state index is 7.00. The molecule has 0 saturated carbocycles. The molecule has 0 spiro atoms. The summed E-state index contributed by atoms with van der Waals surface area (Å²) < 4.78 is 2.27.